The van der Waals surface area contributed by atoms with Crippen LogP contribution in [-0.2, 0) is 19.9 Å². The summed E-state index contributed by atoms with van der Waals surface area (Å²) in [6.45, 7) is 4.24. The first-order valence-corrected chi connectivity index (χ1v) is 13.9. The van der Waals surface area contributed by atoms with E-state index in [9.17, 15) is 21.6 Å². The van der Waals surface area contributed by atoms with Crippen LogP contribution >= 0.6 is 0 Å². The highest BCUT2D eigenvalue weighted by molar-refractivity contribution is 7.92. The number of rotatable bonds is 5. The average Bonchev–Trinajstić information content (AvgIpc) is 3.14. The molecule has 2 aliphatic rings. The summed E-state index contributed by atoms with van der Waals surface area (Å²) in [6, 6.07) is 13.0. The second-order valence-electron chi connectivity index (χ2n) is 8.38. The molecule has 2 saturated heterocycles. The van der Waals surface area contributed by atoms with Crippen LogP contribution in [-0.4, -0.2) is 76.3 Å². The van der Waals surface area contributed by atoms with Gasteiger partial charge in [0.1, 0.15) is 0 Å². The maximum atomic E-state index is 12.9. The first kappa shape index (κ1) is 22.8. The molecule has 4 rings (SSSR count). The average molecular weight is 478 g/mol. The molecule has 0 aliphatic carbocycles. The summed E-state index contributed by atoms with van der Waals surface area (Å²) in [5.74, 6) is 0.289. The van der Waals surface area contributed by atoms with Gasteiger partial charge in [0.2, 0.25) is 0 Å². The van der Waals surface area contributed by atoms with E-state index in [1.165, 1.54) is 24.3 Å². The van der Waals surface area contributed by atoms with Gasteiger partial charge in [-0.3, -0.25) is 14.4 Å². The highest BCUT2D eigenvalue weighted by Gasteiger charge is 2.34. The van der Waals surface area contributed by atoms with Crippen molar-refractivity contribution in [3.8, 4) is 0 Å². The molecule has 1 amide bonds. The fraction of sp³-hybridized carbons (Fsp3) is 0.409. The van der Waals surface area contributed by atoms with Crippen LogP contribution in [0.4, 0.5) is 5.69 Å². The van der Waals surface area contributed by atoms with Crippen LogP contribution in [0.25, 0.3) is 0 Å². The van der Waals surface area contributed by atoms with Gasteiger partial charge in [0.15, 0.2) is 9.84 Å². The van der Waals surface area contributed by atoms with Crippen molar-refractivity contribution in [3.05, 3.63) is 59.7 Å². The van der Waals surface area contributed by atoms with E-state index in [2.05, 4.69) is 9.62 Å². The van der Waals surface area contributed by atoms with Gasteiger partial charge in [-0.05, 0) is 49.7 Å². The summed E-state index contributed by atoms with van der Waals surface area (Å²) in [5, 5.41) is 0. The second kappa shape index (κ2) is 8.84. The highest BCUT2D eigenvalue weighted by atomic mass is 32.2. The topological polar surface area (TPSA) is 104 Å². The number of amides is 1. The predicted octanol–water partition coefficient (Wildman–Crippen LogP) is 1.74. The lowest BCUT2D eigenvalue weighted by atomic mass is 10.1. The number of nitrogens with zero attached hydrogens (tertiary/aromatic N) is 2. The fourth-order valence-electron chi connectivity index (χ4n) is 4.15. The Morgan fingerprint density at radius 3 is 2.16 bits per heavy atom. The number of sulfone groups is 1. The highest BCUT2D eigenvalue weighted by Crippen LogP contribution is 2.21. The SMILES string of the molecule is Cc1ccc(NS(=O)(=O)c2ccc(C(=O)N3CCN(C4CCS(=O)(=O)C4)CC3)cc2)cc1. The van der Waals surface area contributed by atoms with Crippen molar-refractivity contribution in [2.24, 2.45) is 0 Å². The largest absolute Gasteiger partial charge is 0.336 e. The van der Waals surface area contributed by atoms with Crippen LogP contribution in [0, 0.1) is 6.92 Å². The van der Waals surface area contributed by atoms with E-state index < -0.39 is 19.9 Å². The first-order chi connectivity index (χ1) is 15.1. The lowest BCUT2D eigenvalue weighted by Crippen LogP contribution is -2.52. The Morgan fingerprint density at radius 2 is 1.59 bits per heavy atom. The standard InChI is InChI=1S/C22H27N3O5S2/c1-17-2-6-19(7-3-17)23-32(29,30)21-8-4-18(5-9-21)22(26)25-13-11-24(12-14-25)20-10-15-31(27,28)16-20/h2-9,20,23H,10-16H2,1H3. The van der Waals surface area contributed by atoms with Crippen molar-refractivity contribution in [3.63, 3.8) is 0 Å². The van der Waals surface area contributed by atoms with Crippen LogP contribution in [0.5, 0.6) is 0 Å². The number of hydrogen-bond acceptors (Lipinski definition) is 6. The van der Waals surface area contributed by atoms with E-state index in [0.717, 1.165) is 5.56 Å². The second-order valence-corrected chi connectivity index (χ2v) is 12.3. The molecular formula is C22H27N3O5S2. The maximum Gasteiger partial charge on any atom is 0.261 e. The van der Waals surface area contributed by atoms with Crippen LogP contribution in [0.2, 0.25) is 0 Å². The molecule has 0 spiro atoms. The molecule has 172 valence electrons. The molecule has 10 heteroatoms. The molecule has 2 heterocycles. The van der Waals surface area contributed by atoms with Crippen molar-refractivity contribution >= 4 is 31.5 Å². The summed E-state index contributed by atoms with van der Waals surface area (Å²) in [4.78, 5) is 16.8. The van der Waals surface area contributed by atoms with Crippen LogP contribution in [0.15, 0.2) is 53.4 Å². The number of carbonyl (C=O) groups is 1. The summed E-state index contributed by atoms with van der Waals surface area (Å²) < 4.78 is 51.2. The third kappa shape index (κ3) is 5.13. The summed E-state index contributed by atoms with van der Waals surface area (Å²) in [7, 11) is -6.68. The van der Waals surface area contributed by atoms with Gasteiger partial charge < -0.3 is 4.90 Å². The normalized spacial score (nSPS) is 21.4. The zero-order valence-corrected chi connectivity index (χ0v) is 19.5. The molecule has 2 aliphatic heterocycles. The van der Waals surface area contributed by atoms with Gasteiger partial charge >= 0.3 is 0 Å². The minimum atomic E-state index is -3.75. The van der Waals surface area contributed by atoms with E-state index in [4.69, 9.17) is 0 Å². The number of carbonyl (C=O) groups excluding carboxylic acids is 1. The van der Waals surface area contributed by atoms with E-state index >= 15 is 0 Å². The van der Waals surface area contributed by atoms with Gasteiger partial charge in [0.25, 0.3) is 15.9 Å². The molecule has 0 bridgehead atoms. The molecule has 1 unspecified atom stereocenters. The lowest BCUT2D eigenvalue weighted by molar-refractivity contribution is 0.0587. The van der Waals surface area contributed by atoms with Crippen molar-refractivity contribution < 1.29 is 21.6 Å². The van der Waals surface area contributed by atoms with E-state index in [1.54, 1.807) is 17.0 Å². The summed E-state index contributed by atoms with van der Waals surface area (Å²) in [5.41, 5.74) is 1.93. The fourth-order valence-corrected chi connectivity index (χ4v) is 6.97. The molecule has 2 fully saturated rings. The molecule has 0 saturated carbocycles. The number of benzene rings is 2. The van der Waals surface area contributed by atoms with Crippen molar-refractivity contribution in [2.45, 2.75) is 24.3 Å². The Balaban J connectivity index is 1.36. The number of sulfonamides is 1. The zero-order valence-electron chi connectivity index (χ0n) is 17.9. The van der Waals surface area contributed by atoms with E-state index in [0.29, 0.717) is 43.9 Å². The summed E-state index contributed by atoms with van der Waals surface area (Å²) in [6.07, 6.45) is 0.656. The molecule has 8 nitrogen and oxygen atoms in total. The van der Waals surface area contributed by atoms with Gasteiger partial charge in [-0.25, -0.2) is 16.8 Å². The van der Waals surface area contributed by atoms with Gasteiger partial charge in [0, 0.05) is 43.5 Å². The third-order valence-corrected chi connectivity index (χ3v) is 9.19. The molecule has 2 aromatic carbocycles. The number of hydrogen-bond donors (Lipinski definition) is 1. The van der Waals surface area contributed by atoms with Crippen molar-refractivity contribution in [2.75, 3.05) is 42.4 Å². The Labute approximate surface area is 189 Å². The third-order valence-electron chi connectivity index (χ3n) is 6.04. The summed E-state index contributed by atoms with van der Waals surface area (Å²) >= 11 is 0. The number of piperazine rings is 1. The molecule has 2 aromatic rings. The Kier molecular flexibility index (Phi) is 6.28. The Bertz CT molecular complexity index is 1190. The van der Waals surface area contributed by atoms with E-state index in [1.807, 2.05) is 19.1 Å². The van der Waals surface area contributed by atoms with Gasteiger partial charge in [-0.1, -0.05) is 17.7 Å². The number of aryl methyl sites for hydroxylation is 1. The zero-order chi connectivity index (χ0) is 22.9. The van der Waals surface area contributed by atoms with Gasteiger partial charge in [0.05, 0.1) is 16.4 Å². The first-order valence-electron chi connectivity index (χ1n) is 10.6. The quantitative estimate of drug-likeness (QED) is 0.704. The molecule has 0 aromatic heterocycles. The monoisotopic (exact) mass is 477 g/mol. The lowest BCUT2D eigenvalue weighted by Gasteiger charge is -2.37. The maximum absolute atomic E-state index is 12.9. The van der Waals surface area contributed by atoms with Crippen molar-refractivity contribution in [1.29, 1.82) is 0 Å². The number of anilines is 1. The molecule has 0 radical (unpaired) electrons. The smallest absolute Gasteiger partial charge is 0.261 e. The van der Waals surface area contributed by atoms with E-state index in [-0.39, 0.29) is 28.4 Å². The minimum Gasteiger partial charge on any atom is -0.336 e. The van der Waals surface area contributed by atoms with Gasteiger partial charge in [-0.15, -0.1) is 0 Å². The van der Waals surface area contributed by atoms with Crippen LogP contribution in [0.3, 0.4) is 0 Å². The predicted molar refractivity (Wildman–Crippen MR) is 123 cm³/mol. The Morgan fingerprint density at radius 1 is 0.969 bits per heavy atom. The number of nitrogens with one attached hydrogen (secondary N) is 1. The van der Waals surface area contributed by atoms with Crippen LogP contribution < -0.4 is 4.72 Å². The Hall–Kier alpha value is -2.43. The van der Waals surface area contributed by atoms with Gasteiger partial charge in [-0.2, -0.15) is 0 Å². The minimum absolute atomic E-state index is 0.0442. The van der Waals surface area contributed by atoms with Crippen molar-refractivity contribution in [1.82, 2.24) is 9.80 Å². The molecule has 1 N–H and O–H groups in total. The molecular weight excluding hydrogens is 450 g/mol. The molecule has 32 heavy (non-hydrogen) atoms. The van der Waals surface area contributed by atoms with Crippen LogP contribution in [0.1, 0.15) is 22.3 Å². The molecule has 1 atom stereocenters.